The lowest BCUT2D eigenvalue weighted by Gasteiger charge is -2.26. The molecule has 0 saturated carbocycles. The zero-order valence-corrected chi connectivity index (χ0v) is 20.2. The standard InChI is InChI=1S/C28H35F2NO4/c1-20(8-5-11-21-9-3-2-4-10-21)25(32)16-15-24-19-28(29,30)27(35)31(24)17-7-13-22-12-6-14-23(18-22)26(33)34/h2-4,6,9-10,12,14,18,20,24-25,32H,5,7-8,11,13,15-17,19H2,1H3,(H,33,34)/t20?,24-,25?/m0/s1. The van der Waals surface area contributed by atoms with Crippen molar-refractivity contribution in [1.29, 1.82) is 0 Å². The molecule has 2 N–H and O–H groups in total. The Morgan fingerprint density at radius 3 is 2.46 bits per heavy atom. The molecule has 0 bridgehead atoms. The fraction of sp³-hybridized carbons (Fsp3) is 0.500. The van der Waals surface area contributed by atoms with Crippen LogP contribution in [0, 0.1) is 5.92 Å². The minimum absolute atomic E-state index is 0.0475. The first-order valence-electron chi connectivity index (χ1n) is 12.4. The van der Waals surface area contributed by atoms with Gasteiger partial charge in [-0.2, -0.15) is 8.78 Å². The minimum atomic E-state index is -3.37. The Hall–Kier alpha value is -2.80. The molecule has 1 aliphatic heterocycles. The van der Waals surface area contributed by atoms with Gasteiger partial charge in [0.2, 0.25) is 0 Å². The van der Waals surface area contributed by atoms with Crippen LogP contribution in [-0.2, 0) is 17.6 Å². The van der Waals surface area contributed by atoms with Gasteiger partial charge in [0.1, 0.15) is 0 Å². The van der Waals surface area contributed by atoms with E-state index in [0.29, 0.717) is 25.7 Å². The molecule has 1 saturated heterocycles. The zero-order valence-electron chi connectivity index (χ0n) is 20.2. The summed E-state index contributed by atoms with van der Waals surface area (Å²) >= 11 is 0. The van der Waals surface area contributed by atoms with Gasteiger partial charge in [-0.05, 0) is 74.1 Å². The Balaban J connectivity index is 1.47. The van der Waals surface area contributed by atoms with Gasteiger partial charge in [0.15, 0.2) is 0 Å². The van der Waals surface area contributed by atoms with Gasteiger partial charge in [0.05, 0.1) is 11.7 Å². The van der Waals surface area contributed by atoms with Crippen molar-refractivity contribution in [3.63, 3.8) is 0 Å². The summed E-state index contributed by atoms with van der Waals surface area (Å²) < 4.78 is 28.4. The van der Waals surface area contributed by atoms with Gasteiger partial charge in [-0.25, -0.2) is 4.79 Å². The lowest BCUT2D eigenvalue weighted by atomic mass is 9.92. The molecular weight excluding hydrogens is 452 g/mol. The number of hydrogen-bond acceptors (Lipinski definition) is 3. The van der Waals surface area contributed by atoms with Crippen LogP contribution in [0.15, 0.2) is 54.6 Å². The summed E-state index contributed by atoms with van der Waals surface area (Å²) in [6.07, 6.45) is 3.25. The maximum Gasteiger partial charge on any atom is 0.335 e. The van der Waals surface area contributed by atoms with Crippen LogP contribution < -0.4 is 0 Å². The maximum absolute atomic E-state index is 14.2. The fourth-order valence-electron chi connectivity index (χ4n) is 4.84. The number of rotatable bonds is 13. The summed E-state index contributed by atoms with van der Waals surface area (Å²) in [6.45, 7) is 2.16. The van der Waals surface area contributed by atoms with Crippen molar-refractivity contribution in [1.82, 2.24) is 4.90 Å². The van der Waals surface area contributed by atoms with Crippen LogP contribution in [0.25, 0.3) is 0 Å². The largest absolute Gasteiger partial charge is 0.478 e. The van der Waals surface area contributed by atoms with Crippen LogP contribution >= 0.6 is 0 Å². The van der Waals surface area contributed by atoms with Crippen molar-refractivity contribution in [3.8, 4) is 0 Å². The first kappa shape index (κ1) is 26.8. The third-order valence-electron chi connectivity index (χ3n) is 6.97. The van der Waals surface area contributed by atoms with Crippen molar-refractivity contribution in [3.05, 3.63) is 71.3 Å². The number of halogens is 2. The lowest BCUT2D eigenvalue weighted by Crippen LogP contribution is -2.37. The van der Waals surface area contributed by atoms with Crippen molar-refractivity contribution < 1.29 is 28.6 Å². The van der Waals surface area contributed by atoms with Crippen molar-refractivity contribution in [2.75, 3.05) is 6.54 Å². The molecule has 3 atom stereocenters. The molecular formula is C28H35F2NO4. The summed E-state index contributed by atoms with van der Waals surface area (Å²) in [7, 11) is 0. The van der Waals surface area contributed by atoms with Gasteiger partial charge in [0, 0.05) is 19.0 Å². The Bertz CT molecular complexity index is 982. The van der Waals surface area contributed by atoms with E-state index < -0.39 is 36.4 Å². The number of aliphatic hydroxyl groups excluding tert-OH is 1. The van der Waals surface area contributed by atoms with Crippen molar-refractivity contribution in [2.45, 2.75) is 76.4 Å². The van der Waals surface area contributed by atoms with Crippen LogP contribution in [0.5, 0.6) is 0 Å². The van der Waals surface area contributed by atoms with E-state index in [1.54, 1.807) is 18.2 Å². The zero-order chi connectivity index (χ0) is 25.4. The molecule has 1 fully saturated rings. The molecule has 0 radical (unpaired) electrons. The molecule has 1 heterocycles. The normalized spacial score (nSPS) is 19.0. The summed E-state index contributed by atoms with van der Waals surface area (Å²) in [5.41, 5.74) is 2.22. The number of carboxylic acids is 1. The average molecular weight is 488 g/mol. The van der Waals surface area contributed by atoms with Gasteiger partial charge in [-0.1, -0.05) is 49.4 Å². The average Bonchev–Trinajstić information content (AvgIpc) is 3.06. The first-order chi connectivity index (χ1) is 16.7. The molecule has 5 nitrogen and oxygen atoms in total. The highest BCUT2D eigenvalue weighted by Crippen LogP contribution is 2.36. The summed E-state index contributed by atoms with van der Waals surface area (Å²) in [5.74, 6) is -5.49. The third-order valence-corrected chi connectivity index (χ3v) is 6.97. The predicted octanol–water partition coefficient (Wildman–Crippen LogP) is 5.35. The number of likely N-dealkylation sites (tertiary alicyclic amines) is 1. The van der Waals surface area contributed by atoms with E-state index in [0.717, 1.165) is 24.8 Å². The number of amides is 1. The molecule has 0 aromatic heterocycles. The Morgan fingerprint density at radius 1 is 1.06 bits per heavy atom. The maximum atomic E-state index is 14.2. The predicted molar refractivity (Wildman–Crippen MR) is 131 cm³/mol. The molecule has 190 valence electrons. The molecule has 35 heavy (non-hydrogen) atoms. The number of benzene rings is 2. The number of carbonyl (C=O) groups is 2. The number of carboxylic acid groups (broad SMARTS) is 1. The van der Waals surface area contributed by atoms with Crippen LogP contribution in [0.4, 0.5) is 8.78 Å². The van der Waals surface area contributed by atoms with Crippen LogP contribution in [-0.4, -0.2) is 51.6 Å². The van der Waals surface area contributed by atoms with Gasteiger partial charge in [-0.15, -0.1) is 0 Å². The quantitative estimate of drug-likeness (QED) is 0.399. The van der Waals surface area contributed by atoms with E-state index in [-0.39, 0.29) is 18.0 Å². The highest BCUT2D eigenvalue weighted by molar-refractivity contribution is 5.87. The van der Waals surface area contributed by atoms with Crippen LogP contribution in [0.2, 0.25) is 0 Å². The second kappa shape index (κ2) is 12.2. The minimum Gasteiger partial charge on any atom is -0.478 e. The smallest absolute Gasteiger partial charge is 0.335 e. The second-order valence-electron chi connectivity index (χ2n) is 9.67. The van der Waals surface area contributed by atoms with E-state index in [9.17, 15) is 23.5 Å². The molecule has 2 aromatic carbocycles. The molecule has 2 aromatic rings. The number of aryl methyl sites for hydroxylation is 2. The number of aliphatic hydroxyl groups is 1. The molecule has 1 aliphatic rings. The van der Waals surface area contributed by atoms with E-state index >= 15 is 0 Å². The molecule has 2 unspecified atom stereocenters. The van der Waals surface area contributed by atoms with Crippen molar-refractivity contribution >= 4 is 11.9 Å². The SMILES string of the molecule is CC(CCCc1ccccc1)C(O)CC[C@H]1CC(F)(F)C(=O)N1CCCc1cccc(C(=O)O)c1. The number of alkyl halides is 2. The van der Waals surface area contributed by atoms with Gasteiger partial charge >= 0.3 is 11.9 Å². The summed E-state index contributed by atoms with van der Waals surface area (Å²) in [4.78, 5) is 24.7. The van der Waals surface area contributed by atoms with Crippen molar-refractivity contribution in [2.24, 2.45) is 5.92 Å². The van der Waals surface area contributed by atoms with E-state index in [1.807, 2.05) is 25.1 Å². The van der Waals surface area contributed by atoms with Gasteiger partial charge in [-0.3, -0.25) is 4.79 Å². The molecule has 0 aliphatic carbocycles. The fourth-order valence-corrected chi connectivity index (χ4v) is 4.84. The summed E-state index contributed by atoms with van der Waals surface area (Å²) in [5, 5.41) is 19.7. The number of hydrogen-bond donors (Lipinski definition) is 2. The highest BCUT2D eigenvalue weighted by atomic mass is 19.3. The second-order valence-corrected chi connectivity index (χ2v) is 9.67. The Morgan fingerprint density at radius 2 is 1.74 bits per heavy atom. The summed E-state index contributed by atoms with van der Waals surface area (Å²) in [6, 6.07) is 16.1. The monoisotopic (exact) mass is 487 g/mol. The third kappa shape index (κ3) is 7.59. The molecule has 3 rings (SSSR count). The van der Waals surface area contributed by atoms with Gasteiger partial charge in [0.25, 0.3) is 5.91 Å². The highest BCUT2D eigenvalue weighted by Gasteiger charge is 2.52. The van der Waals surface area contributed by atoms with E-state index in [2.05, 4.69) is 12.1 Å². The van der Waals surface area contributed by atoms with Crippen LogP contribution in [0.1, 0.15) is 66.9 Å². The lowest BCUT2D eigenvalue weighted by molar-refractivity contribution is -0.148. The number of nitrogens with zero attached hydrogens (tertiary/aromatic N) is 1. The Kier molecular flexibility index (Phi) is 9.38. The van der Waals surface area contributed by atoms with Crippen LogP contribution in [0.3, 0.4) is 0 Å². The number of carbonyl (C=O) groups excluding carboxylic acids is 1. The Labute approximate surface area is 205 Å². The topological polar surface area (TPSA) is 77.8 Å². The van der Waals surface area contributed by atoms with E-state index in [1.165, 1.54) is 16.5 Å². The molecule has 1 amide bonds. The first-order valence-corrected chi connectivity index (χ1v) is 12.4. The number of aromatic carboxylic acids is 1. The van der Waals surface area contributed by atoms with Gasteiger partial charge < -0.3 is 15.1 Å². The molecule has 7 heteroatoms. The molecule has 0 spiro atoms. The van der Waals surface area contributed by atoms with E-state index in [4.69, 9.17) is 5.11 Å².